The van der Waals surface area contributed by atoms with Crippen molar-refractivity contribution in [3.63, 3.8) is 0 Å². The zero-order valence-electron chi connectivity index (χ0n) is 22.9. The molecule has 2 amide bonds. The molecule has 1 aromatic rings. The van der Waals surface area contributed by atoms with Gasteiger partial charge < -0.3 is 24.9 Å². The van der Waals surface area contributed by atoms with E-state index in [-0.39, 0.29) is 40.9 Å². The van der Waals surface area contributed by atoms with Gasteiger partial charge in [-0.2, -0.15) is 25.3 Å². The molecule has 0 aliphatic rings. The number of carbonyl (C=O) groups is 6. The van der Waals surface area contributed by atoms with E-state index >= 15 is 0 Å². The fourth-order valence-electron chi connectivity index (χ4n) is 2.85. The Kier molecular flexibility index (Phi) is 20.0. The van der Waals surface area contributed by atoms with E-state index in [1.165, 1.54) is 16.2 Å². The van der Waals surface area contributed by atoms with Crippen LogP contribution in [0.2, 0.25) is 0 Å². The molecule has 12 nitrogen and oxygen atoms in total. The number of thiol groups is 3. The Balaban J connectivity index is 2.95. The van der Waals surface area contributed by atoms with Crippen LogP contribution in [0, 0.1) is 6.92 Å². The second kappa shape index (κ2) is 21.6. The second-order valence-corrected chi connectivity index (χ2v) is 13.2. The number of carbonyl (C=O) groups excluding carboxylic acids is 6. The van der Waals surface area contributed by atoms with Crippen molar-refractivity contribution in [3.05, 3.63) is 21.4 Å². The van der Waals surface area contributed by atoms with Crippen molar-refractivity contribution in [2.45, 2.75) is 44.9 Å². The number of nitrogens with one attached hydrogen (secondary N) is 4. The Hall–Kier alpha value is -1.06. The Morgan fingerprint density at radius 1 is 0.929 bits per heavy atom. The summed E-state index contributed by atoms with van der Waals surface area (Å²) in [4.78, 5) is 73.8. The molecular weight excluding hydrogens is 685 g/mol. The van der Waals surface area contributed by atoms with Gasteiger partial charge in [-0.3, -0.25) is 19.1 Å². The smallest absolute Gasteiger partial charge is 0.329 e. The van der Waals surface area contributed by atoms with E-state index < -0.39 is 53.0 Å². The summed E-state index contributed by atoms with van der Waals surface area (Å²) in [6.07, 6.45) is 0.716. The van der Waals surface area contributed by atoms with Crippen LogP contribution < -0.4 is 20.1 Å². The second-order valence-electron chi connectivity index (χ2n) is 8.07. The zero-order valence-corrected chi connectivity index (χ0v) is 28.9. The number of aldehydes is 1. The third kappa shape index (κ3) is 13.3. The van der Waals surface area contributed by atoms with Gasteiger partial charge in [-0.05, 0) is 37.3 Å². The molecular formula is C23H34N4O8S7. The molecule has 4 atom stereocenters. The zero-order chi connectivity index (χ0) is 31.7. The van der Waals surface area contributed by atoms with Crippen molar-refractivity contribution in [2.75, 3.05) is 36.2 Å². The molecule has 4 N–H and O–H groups in total. The predicted octanol–water partition coefficient (Wildman–Crippen LogP) is 1.76. The average molecular weight is 719 g/mol. The number of rotatable bonds is 21. The van der Waals surface area contributed by atoms with Gasteiger partial charge in [-0.15, -0.1) is 24.0 Å². The third-order valence-electron chi connectivity index (χ3n) is 5.05. The van der Waals surface area contributed by atoms with Gasteiger partial charge in [0.05, 0.1) is 35.7 Å². The van der Waals surface area contributed by atoms with Gasteiger partial charge in [0.1, 0.15) is 18.4 Å². The first-order valence-electron chi connectivity index (χ1n) is 12.4. The van der Waals surface area contributed by atoms with Crippen LogP contribution >= 0.6 is 82.9 Å². The highest BCUT2D eigenvalue weighted by atomic mass is 33.1. The third-order valence-corrected chi connectivity index (χ3v) is 10.2. The first kappa shape index (κ1) is 39.0. The standard InChI is InChI=1S/C23H34N4O8S7/c1-4-34-21(31)16(10-40-27-15(8-37)23(33)38)24-19(29)14-9-39-18(12(14)3)20(30)25-17(22(32)35-5-2)11-41-42-26-13(6-28)7-36/h6,9,13,15-17,26-27,36-37H,4-5,7-8,10-11H2,1-3H3,(H,24,29)(H,25,30)(H,33,38)/t13-,15+,16?,17?/m1/s1. The summed E-state index contributed by atoms with van der Waals surface area (Å²) in [5, 5.41) is 6.33. The highest BCUT2D eigenvalue weighted by Crippen LogP contribution is 2.24. The molecule has 0 saturated heterocycles. The summed E-state index contributed by atoms with van der Waals surface area (Å²) in [7, 11) is 2.35. The van der Waals surface area contributed by atoms with Crippen LogP contribution in [0.5, 0.6) is 0 Å². The summed E-state index contributed by atoms with van der Waals surface area (Å²) in [6.45, 7) is 5.07. The van der Waals surface area contributed by atoms with Crippen LogP contribution in [-0.2, 0) is 28.7 Å². The van der Waals surface area contributed by atoms with Crippen molar-refractivity contribution < 1.29 is 38.2 Å². The fraction of sp³-hybridized carbons (Fsp3) is 0.565. The first-order chi connectivity index (χ1) is 20.0. The minimum atomic E-state index is -1.06. The SMILES string of the molecule is CCOC(=O)C(CSN[C@@H](CS)C(=O)S)NC(=O)c1csc(C(=O)NC(CSSN[C@H](C=O)CS)C(=O)OCC)c1C. The van der Waals surface area contributed by atoms with E-state index in [0.29, 0.717) is 17.6 Å². The normalized spacial score (nSPS) is 13.8. The molecule has 0 fully saturated rings. The molecule has 0 saturated carbocycles. The number of hydrogen-bond donors (Lipinski definition) is 7. The largest absolute Gasteiger partial charge is 0.464 e. The highest BCUT2D eigenvalue weighted by molar-refractivity contribution is 8.76. The predicted molar refractivity (Wildman–Crippen MR) is 179 cm³/mol. The summed E-state index contributed by atoms with van der Waals surface area (Å²) >= 11 is 14.0. The van der Waals surface area contributed by atoms with E-state index in [9.17, 15) is 28.8 Å². The maximum atomic E-state index is 13.1. The van der Waals surface area contributed by atoms with Crippen molar-refractivity contribution >= 4 is 118 Å². The van der Waals surface area contributed by atoms with Crippen LogP contribution in [0.25, 0.3) is 0 Å². The van der Waals surface area contributed by atoms with Gasteiger partial charge in [0.25, 0.3) is 11.8 Å². The Morgan fingerprint density at radius 3 is 2.05 bits per heavy atom. The Labute approximate surface area is 277 Å². The minimum absolute atomic E-state index is 0.0414. The monoisotopic (exact) mass is 718 g/mol. The lowest BCUT2D eigenvalue weighted by molar-refractivity contribution is -0.145. The van der Waals surface area contributed by atoms with Crippen molar-refractivity contribution in [2.24, 2.45) is 0 Å². The van der Waals surface area contributed by atoms with Gasteiger partial charge in [-0.1, -0.05) is 22.7 Å². The van der Waals surface area contributed by atoms with Gasteiger partial charge >= 0.3 is 11.9 Å². The molecule has 42 heavy (non-hydrogen) atoms. The molecule has 236 valence electrons. The van der Waals surface area contributed by atoms with E-state index in [1.54, 1.807) is 20.8 Å². The van der Waals surface area contributed by atoms with Gasteiger partial charge in [0.2, 0.25) is 5.12 Å². The Morgan fingerprint density at radius 2 is 1.52 bits per heavy atom. The van der Waals surface area contributed by atoms with Crippen LogP contribution in [0.4, 0.5) is 0 Å². The number of hydrogen-bond acceptors (Lipinski definition) is 16. The minimum Gasteiger partial charge on any atom is -0.464 e. The Bertz CT molecular complexity index is 1080. The van der Waals surface area contributed by atoms with Gasteiger partial charge in [0, 0.05) is 28.4 Å². The van der Waals surface area contributed by atoms with Crippen LogP contribution in [0.1, 0.15) is 39.4 Å². The first-order valence-corrected chi connectivity index (χ1v) is 18.3. The van der Waals surface area contributed by atoms with Crippen LogP contribution in [0.3, 0.4) is 0 Å². The topological polar surface area (TPSA) is 169 Å². The molecule has 1 rings (SSSR count). The molecule has 0 aliphatic heterocycles. The maximum Gasteiger partial charge on any atom is 0.329 e. The molecule has 0 spiro atoms. The van der Waals surface area contributed by atoms with Gasteiger partial charge in [0.15, 0.2) is 0 Å². The molecule has 19 heteroatoms. The number of ether oxygens (including phenoxy) is 2. The number of esters is 2. The lowest BCUT2D eigenvalue weighted by Gasteiger charge is -2.19. The van der Waals surface area contributed by atoms with E-state index in [2.05, 4.69) is 58.0 Å². The number of thiophene rings is 1. The van der Waals surface area contributed by atoms with Crippen LogP contribution in [0.15, 0.2) is 5.38 Å². The highest BCUT2D eigenvalue weighted by Gasteiger charge is 2.28. The lowest BCUT2D eigenvalue weighted by Crippen LogP contribution is -2.45. The fourth-order valence-corrected chi connectivity index (χ4v) is 7.71. The summed E-state index contributed by atoms with van der Waals surface area (Å²) in [6, 6.07) is -3.18. The lowest BCUT2D eigenvalue weighted by atomic mass is 10.1. The summed E-state index contributed by atoms with van der Waals surface area (Å²) in [5.41, 5.74) is 0.526. The van der Waals surface area contributed by atoms with Crippen molar-refractivity contribution in [1.29, 1.82) is 0 Å². The quantitative estimate of drug-likeness (QED) is 0.0246. The molecule has 2 unspecified atom stereocenters. The average Bonchev–Trinajstić information content (AvgIpc) is 3.35. The molecule has 0 aromatic carbocycles. The van der Waals surface area contributed by atoms with E-state index in [4.69, 9.17) is 9.47 Å². The summed E-state index contributed by atoms with van der Waals surface area (Å²) in [5.74, 6) is -1.81. The molecule has 0 aliphatic carbocycles. The van der Waals surface area contributed by atoms with Gasteiger partial charge in [-0.25, -0.2) is 14.3 Å². The van der Waals surface area contributed by atoms with E-state index in [0.717, 1.165) is 34.3 Å². The molecule has 0 bridgehead atoms. The maximum absolute atomic E-state index is 13.1. The molecule has 0 radical (unpaired) electrons. The van der Waals surface area contributed by atoms with E-state index in [1.807, 2.05) is 0 Å². The summed E-state index contributed by atoms with van der Waals surface area (Å²) < 4.78 is 15.9. The molecule has 1 heterocycles. The number of amides is 2. The molecule has 1 aromatic heterocycles. The van der Waals surface area contributed by atoms with Crippen molar-refractivity contribution in [1.82, 2.24) is 20.1 Å². The van der Waals surface area contributed by atoms with Crippen molar-refractivity contribution in [3.8, 4) is 0 Å². The van der Waals surface area contributed by atoms with Crippen LogP contribution in [-0.4, -0.2) is 95.5 Å².